The Morgan fingerprint density at radius 2 is 0.787 bits per heavy atom. The van der Waals surface area contributed by atoms with Crippen molar-refractivity contribution >= 4 is 82.5 Å². The van der Waals surface area contributed by atoms with Crippen molar-refractivity contribution in [2.45, 2.75) is 152 Å². The zero-order chi connectivity index (χ0) is 56.9. The smallest absolute Gasteiger partial charge is 0.246 e. The number of hydrogen-bond acceptors (Lipinski definition) is 18. The van der Waals surface area contributed by atoms with Gasteiger partial charge in [-0.2, -0.15) is 0 Å². The van der Waals surface area contributed by atoms with Gasteiger partial charge in [-0.05, 0) is 19.3 Å². The zero-order valence-electron chi connectivity index (χ0n) is 48.8. The van der Waals surface area contributed by atoms with Gasteiger partial charge in [0.1, 0.15) is 36.1 Å². The molecule has 0 spiro atoms. The van der Waals surface area contributed by atoms with Crippen LogP contribution in [-0.2, 0) is 42.8 Å². The summed E-state index contributed by atoms with van der Waals surface area (Å²) < 4.78 is 33.2. The lowest BCUT2D eigenvalue weighted by atomic mass is 10.2. The van der Waals surface area contributed by atoms with E-state index in [2.05, 4.69) is 130 Å². The van der Waals surface area contributed by atoms with Crippen LogP contribution < -0.4 is 31.9 Å². The lowest BCUT2D eigenvalue weighted by Crippen LogP contribution is -2.28. The molecule has 21 heteroatoms. The van der Waals surface area contributed by atoms with E-state index < -0.39 is 0 Å². The predicted molar refractivity (Wildman–Crippen MR) is 329 cm³/mol. The average molecular weight is 1170 g/mol. The molecule has 0 radical (unpaired) electrons. The monoisotopic (exact) mass is 1170 g/mol. The Balaban J connectivity index is -0.00000104. The van der Waals surface area contributed by atoms with Crippen molar-refractivity contribution in [3.63, 3.8) is 0 Å². The summed E-state index contributed by atoms with van der Waals surface area (Å²) in [6, 6.07) is 1.58. The van der Waals surface area contributed by atoms with Crippen LogP contribution in [0.3, 0.4) is 0 Å². The van der Waals surface area contributed by atoms with E-state index in [1.54, 1.807) is 43.2 Å². The summed E-state index contributed by atoms with van der Waals surface area (Å²) in [6.07, 6.45) is 0.949. The quantitative estimate of drug-likeness (QED) is 0.0148. The van der Waals surface area contributed by atoms with E-state index >= 15 is 0 Å². The van der Waals surface area contributed by atoms with Crippen LogP contribution in [0.15, 0.2) is 0 Å². The van der Waals surface area contributed by atoms with Crippen molar-refractivity contribution < 1.29 is 42.8 Å². The molecule has 0 heterocycles. The fourth-order valence-corrected chi connectivity index (χ4v) is 11.5. The lowest BCUT2D eigenvalue weighted by molar-refractivity contribution is -0.126. The highest BCUT2D eigenvalue weighted by atomic mass is 33.1. The van der Waals surface area contributed by atoms with Gasteiger partial charge in [-0.1, -0.05) is 204 Å². The summed E-state index contributed by atoms with van der Waals surface area (Å²) in [5.74, 6) is 21.8. The highest BCUT2D eigenvalue weighted by Crippen LogP contribution is 2.32. The summed E-state index contributed by atoms with van der Waals surface area (Å²) in [6.45, 7) is 40.4. The molecule has 15 nitrogen and oxygen atoms in total. The van der Waals surface area contributed by atoms with Crippen LogP contribution in [0.25, 0.3) is 0 Å². The van der Waals surface area contributed by atoms with Gasteiger partial charge in [0, 0.05) is 72.8 Å². The number of nitrogens with one attached hydrogen (secondary N) is 6. The summed E-state index contributed by atoms with van der Waals surface area (Å²) in [5, 5.41) is 18.3. The Bertz CT molecular complexity index is 1550. The minimum Gasteiger partial charge on any atom is -0.369 e. The van der Waals surface area contributed by atoms with E-state index in [9.17, 15) is 14.4 Å². The van der Waals surface area contributed by atoms with Crippen molar-refractivity contribution in [3.05, 3.63) is 0 Å². The molecule has 0 aliphatic rings. The average Bonchev–Trinajstić information content (AvgIpc) is 3.33. The molecular formula is C54H102N6O9S6. The second kappa shape index (κ2) is 57.5. The number of ether oxygens (including phenoxy) is 6. The van der Waals surface area contributed by atoms with Gasteiger partial charge in [0.2, 0.25) is 17.7 Å². The first-order valence-electron chi connectivity index (χ1n) is 26.6. The third-order valence-corrected chi connectivity index (χ3v) is 16.5. The molecule has 3 amide bonds. The van der Waals surface area contributed by atoms with E-state index in [-0.39, 0.29) is 53.9 Å². The second-order valence-corrected chi connectivity index (χ2v) is 26.6. The topological polar surface area (TPSA) is 179 Å². The van der Waals surface area contributed by atoms with Gasteiger partial charge in [0.05, 0.1) is 59.3 Å². The maximum atomic E-state index is 11.6. The highest BCUT2D eigenvalue weighted by molar-refractivity contribution is 8.77. The van der Waals surface area contributed by atoms with Gasteiger partial charge < -0.3 is 60.3 Å². The van der Waals surface area contributed by atoms with Crippen LogP contribution in [0.2, 0.25) is 0 Å². The number of carbonyl (C=O) groups excluding carboxylic acids is 3. The Kier molecular flexibility index (Phi) is 59.9. The summed E-state index contributed by atoms with van der Waals surface area (Å²) in [7, 11) is 10.7. The minimum atomic E-state index is -0.149. The first-order chi connectivity index (χ1) is 35.7. The van der Waals surface area contributed by atoms with Gasteiger partial charge in [-0.25, -0.2) is 0 Å². The molecule has 0 saturated heterocycles. The highest BCUT2D eigenvalue weighted by Gasteiger charge is 2.15. The molecule has 0 aliphatic carbocycles. The molecule has 75 heavy (non-hydrogen) atoms. The van der Waals surface area contributed by atoms with Gasteiger partial charge in [-0.15, -0.1) is 0 Å². The number of hydrogen-bond donors (Lipinski definition) is 6. The van der Waals surface area contributed by atoms with Gasteiger partial charge in [-0.3, -0.25) is 14.4 Å². The molecule has 438 valence electrons. The molecule has 3 unspecified atom stereocenters. The van der Waals surface area contributed by atoms with E-state index in [4.69, 9.17) is 28.4 Å². The normalized spacial score (nSPS) is 12.2. The summed E-state index contributed by atoms with van der Waals surface area (Å²) >= 11 is 0. The van der Waals surface area contributed by atoms with Crippen LogP contribution in [0.5, 0.6) is 0 Å². The van der Waals surface area contributed by atoms with Crippen molar-refractivity contribution in [3.8, 4) is 35.5 Å². The number of rotatable bonds is 41. The van der Waals surface area contributed by atoms with Crippen molar-refractivity contribution in [1.29, 1.82) is 0 Å². The lowest BCUT2D eigenvalue weighted by Gasteiger charge is -2.20. The molecule has 0 rings (SSSR count). The number of carbonyl (C=O) groups is 3. The van der Waals surface area contributed by atoms with Crippen molar-refractivity contribution in [2.24, 2.45) is 23.7 Å². The number of amides is 3. The van der Waals surface area contributed by atoms with E-state index in [0.717, 1.165) is 43.3 Å². The Hall–Kier alpha value is -1.17. The predicted octanol–water partition coefficient (Wildman–Crippen LogP) is 8.59. The van der Waals surface area contributed by atoms with Crippen molar-refractivity contribution in [2.75, 3.05) is 116 Å². The standard InChI is InChI=1S/C19H36N2O3S2.C18H34N2O3S2.C17H32N2O3S2/c1-15(2)8-7-9-21-18(22)14-23-11-12-24-19(16(3)4)26-25-13-10-20-17(5)6;1-6-18(25-24-13-10-19-16(4)5)23-12-11-22-14-17(21)20-9-7-8-15(2)3;1-14(2)7-6-8-19-17(20)13-21-10-11-22-16(5)24-23-12-9-18-15(3)4/h15-17,19-20H,9-14H2,1-6H3,(H,21,22);15-16,18-19H,6,9-14H2,1-5H3,(H,20,21);14-16,18H,8-13H2,1-5H3,(H,19,20). The molecule has 0 aromatic rings. The molecule has 0 bridgehead atoms. The first kappa shape index (κ1) is 78.1. The van der Waals surface area contributed by atoms with Gasteiger partial charge in [0.25, 0.3) is 0 Å². The Morgan fingerprint density at radius 3 is 1.13 bits per heavy atom. The molecule has 0 saturated carbocycles. The zero-order valence-corrected chi connectivity index (χ0v) is 53.7. The Labute approximate surface area is 480 Å². The van der Waals surface area contributed by atoms with Crippen molar-refractivity contribution in [1.82, 2.24) is 31.9 Å². The van der Waals surface area contributed by atoms with E-state index in [1.165, 1.54) is 0 Å². The van der Waals surface area contributed by atoms with Gasteiger partial charge >= 0.3 is 0 Å². The molecule has 0 aromatic carbocycles. The molecule has 6 N–H and O–H groups in total. The van der Waals surface area contributed by atoms with Crippen LogP contribution >= 0.6 is 64.8 Å². The summed E-state index contributed by atoms with van der Waals surface area (Å²) in [5.41, 5.74) is 0.397. The fourth-order valence-electron chi connectivity index (χ4n) is 4.70. The largest absolute Gasteiger partial charge is 0.369 e. The molecule has 0 fully saturated rings. The maximum Gasteiger partial charge on any atom is 0.246 e. The van der Waals surface area contributed by atoms with Crippen LogP contribution in [0.4, 0.5) is 0 Å². The van der Waals surface area contributed by atoms with Crippen LogP contribution in [0, 0.1) is 59.2 Å². The third kappa shape index (κ3) is 67.0. The molecule has 0 aliphatic heterocycles. The Morgan fingerprint density at radius 1 is 0.440 bits per heavy atom. The van der Waals surface area contributed by atoms with E-state index in [0.29, 0.717) is 101 Å². The molecular weight excluding hydrogens is 1070 g/mol. The maximum absolute atomic E-state index is 11.6. The third-order valence-electron chi connectivity index (χ3n) is 8.25. The van der Waals surface area contributed by atoms with E-state index in [1.807, 2.05) is 70.1 Å². The SMILES string of the molecule is CC(C)C#CCNC(=O)COCCOC(C)SSCCNC(C)C.CC(C)C#CCNC(=O)COCCOC(SSCCNC(C)C)C(C)C.CCC(OCCOCC(=O)NCC#CC(C)C)SSCCNC(C)C. The van der Waals surface area contributed by atoms with Crippen LogP contribution in [0.1, 0.15) is 117 Å². The van der Waals surface area contributed by atoms with Gasteiger partial charge in [0.15, 0.2) is 0 Å². The molecule has 3 atom stereocenters. The minimum absolute atomic E-state index is 0.0435. The molecule has 0 aromatic heterocycles. The second-order valence-electron chi connectivity index (χ2n) is 18.6. The fraction of sp³-hybridized carbons (Fsp3) is 0.833. The van der Waals surface area contributed by atoms with Crippen LogP contribution in [-0.4, -0.2) is 168 Å². The summed E-state index contributed by atoms with van der Waals surface area (Å²) in [4.78, 5) is 34.6. The first-order valence-corrected chi connectivity index (χ1v) is 33.7.